The van der Waals surface area contributed by atoms with Crippen LogP contribution in [-0.4, -0.2) is 6.54 Å². The second-order valence-corrected chi connectivity index (χ2v) is 6.80. The van der Waals surface area contributed by atoms with Crippen molar-refractivity contribution in [3.05, 3.63) is 33.8 Å². The Labute approximate surface area is 127 Å². The molecule has 0 radical (unpaired) electrons. The zero-order chi connectivity index (χ0) is 14.3. The highest BCUT2D eigenvalue weighted by Crippen LogP contribution is 2.24. The molecule has 1 aromatic rings. The Kier molecular flexibility index (Phi) is 7.20. The quantitative estimate of drug-likeness (QED) is 0.608. The lowest BCUT2D eigenvalue weighted by atomic mass is 9.87. The molecule has 0 aliphatic carbocycles. The lowest BCUT2D eigenvalue weighted by Crippen LogP contribution is -2.29. The maximum Gasteiger partial charge on any atom is 0.0451 e. The molecule has 0 heterocycles. The number of rotatable bonds is 8. The molecule has 0 fully saturated rings. The molecule has 0 saturated heterocycles. The molecule has 108 valence electrons. The van der Waals surface area contributed by atoms with Crippen LogP contribution in [0.15, 0.2) is 18.2 Å². The third kappa shape index (κ3) is 6.65. The van der Waals surface area contributed by atoms with Crippen LogP contribution in [-0.2, 0) is 6.54 Å². The summed E-state index contributed by atoms with van der Waals surface area (Å²) in [6.07, 6.45) is 5.17. The second-order valence-electron chi connectivity index (χ2n) is 5.96. The molecule has 0 spiro atoms. The van der Waals surface area contributed by atoms with Gasteiger partial charge in [0.2, 0.25) is 0 Å². The molecule has 1 N–H and O–H groups in total. The molecule has 0 bridgehead atoms. The average Bonchev–Trinajstić information content (AvgIpc) is 2.33. The van der Waals surface area contributed by atoms with Gasteiger partial charge >= 0.3 is 0 Å². The van der Waals surface area contributed by atoms with Crippen molar-refractivity contribution < 1.29 is 0 Å². The van der Waals surface area contributed by atoms with Gasteiger partial charge in [-0.15, -0.1) is 0 Å². The number of halogens is 2. The standard InChI is InChI=1S/C16H25Cl2N/c1-4-5-6-9-16(2,3)12-19-11-13-10-14(17)7-8-15(13)18/h7-8,10,19H,4-6,9,11-12H2,1-3H3. The minimum absolute atomic E-state index is 0.334. The van der Waals surface area contributed by atoms with Crippen LogP contribution in [0.25, 0.3) is 0 Å². The Hall–Kier alpha value is -0.240. The van der Waals surface area contributed by atoms with E-state index in [4.69, 9.17) is 23.2 Å². The Morgan fingerprint density at radius 3 is 2.58 bits per heavy atom. The Morgan fingerprint density at radius 2 is 1.89 bits per heavy atom. The summed E-state index contributed by atoms with van der Waals surface area (Å²) in [6.45, 7) is 8.65. The number of unbranched alkanes of at least 4 members (excludes halogenated alkanes) is 2. The fourth-order valence-electron chi connectivity index (χ4n) is 2.16. The minimum Gasteiger partial charge on any atom is -0.312 e. The number of hydrogen-bond donors (Lipinski definition) is 1. The van der Waals surface area contributed by atoms with E-state index in [0.717, 1.165) is 28.7 Å². The third-order valence-corrected chi connectivity index (χ3v) is 3.99. The van der Waals surface area contributed by atoms with Gasteiger partial charge in [0.1, 0.15) is 0 Å². The highest BCUT2D eigenvalue weighted by atomic mass is 35.5. The van der Waals surface area contributed by atoms with Gasteiger partial charge in [-0.3, -0.25) is 0 Å². The number of benzene rings is 1. The van der Waals surface area contributed by atoms with Crippen molar-refractivity contribution in [1.29, 1.82) is 0 Å². The summed E-state index contributed by atoms with van der Waals surface area (Å²) in [5, 5.41) is 5.01. The van der Waals surface area contributed by atoms with Gasteiger partial charge in [0.25, 0.3) is 0 Å². The van der Waals surface area contributed by atoms with Gasteiger partial charge in [-0.2, -0.15) is 0 Å². The molecule has 0 saturated carbocycles. The first-order chi connectivity index (χ1) is 8.94. The predicted molar refractivity (Wildman–Crippen MR) is 86.1 cm³/mol. The summed E-state index contributed by atoms with van der Waals surface area (Å²) < 4.78 is 0. The molecular formula is C16H25Cl2N. The van der Waals surface area contributed by atoms with Crippen molar-refractivity contribution >= 4 is 23.2 Å². The summed E-state index contributed by atoms with van der Waals surface area (Å²) in [5.74, 6) is 0. The van der Waals surface area contributed by atoms with Crippen LogP contribution in [0, 0.1) is 5.41 Å². The third-order valence-electron chi connectivity index (χ3n) is 3.38. The number of nitrogens with one attached hydrogen (secondary N) is 1. The molecule has 0 amide bonds. The Bertz CT molecular complexity index is 388. The van der Waals surface area contributed by atoms with Gasteiger partial charge in [-0.1, -0.05) is 63.2 Å². The fraction of sp³-hybridized carbons (Fsp3) is 0.625. The highest BCUT2D eigenvalue weighted by molar-refractivity contribution is 6.33. The summed E-state index contributed by atoms with van der Waals surface area (Å²) >= 11 is 12.1. The first kappa shape index (κ1) is 16.8. The van der Waals surface area contributed by atoms with Crippen LogP contribution in [0.1, 0.15) is 52.0 Å². The zero-order valence-electron chi connectivity index (χ0n) is 12.2. The van der Waals surface area contributed by atoms with E-state index in [1.54, 1.807) is 0 Å². The molecule has 3 heteroatoms. The van der Waals surface area contributed by atoms with Gasteiger partial charge in [0.05, 0.1) is 0 Å². The van der Waals surface area contributed by atoms with Crippen LogP contribution in [0.4, 0.5) is 0 Å². The van der Waals surface area contributed by atoms with Crippen molar-refractivity contribution in [2.24, 2.45) is 5.41 Å². The van der Waals surface area contributed by atoms with E-state index in [2.05, 4.69) is 26.1 Å². The van der Waals surface area contributed by atoms with Crippen molar-refractivity contribution in [3.8, 4) is 0 Å². The van der Waals surface area contributed by atoms with Crippen molar-refractivity contribution in [3.63, 3.8) is 0 Å². The molecule has 0 aliphatic heterocycles. The monoisotopic (exact) mass is 301 g/mol. The molecule has 0 atom stereocenters. The van der Waals surface area contributed by atoms with Gasteiger partial charge in [-0.25, -0.2) is 0 Å². The molecule has 0 aromatic heterocycles. The van der Waals surface area contributed by atoms with Crippen LogP contribution in [0.5, 0.6) is 0 Å². The summed E-state index contributed by atoms with van der Waals surface area (Å²) in [5.41, 5.74) is 1.40. The van der Waals surface area contributed by atoms with E-state index in [-0.39, 0.29) is 0 Å². The maximum absolute atomic E-state index is 6.15. The topological polar surface area (TPSA) is 12.0 Å². The second kappa shape index (κ2) is 8.14. The first-order valence-corrected chi connectivity index (χ1v) is 7.85. The van der Waals surface area contributed by atoms with Crippen molar-refractivity contribution in [1.82, 2.24) is 5.32 Å². The summed E-state index contributed by atoms with van der Waals surface area (Å²) in [4.78, 5) is 0. The lowest BCUT2D eigenvalue weighted by Gasteiger charge is -2.25. The SMILES string of the molecule is CCCCCC(C)(C)CNCc1cc(Cl)ccc1Cl. The van der Waals surface area contributed by atoms with E-state index in [9.17, 15) is 0 Å². The molecule has 0 unspecified atom stereocenters. The smallest absolute Gasteiger partial charge is 0.0451 e. The van der Waals surface area contributed by atoms with Gasteiger partial charge in [0, 0.05) is 23.1 Å². The van der Waals surface area contributed by atoms with Crippen molar-refractivity contribution in [2.75, 3.05) is 6.54 Å². The lowest BCUT2D eigenvalue weighted by molar-refractivity contribution is 0.302. The molecule has 1 nitrogen and oxygen atoms in total. The summed E-state index contributed by atoms with van der Waals surface area (Å²) in [7, 11) is 0. The first-order valence-electron chi connectivity index (χ1n) is 7.09. The summed E-state index contributed by atoms with van der Waals surface area (Å²) in [6, 6.07) is 5.61. The van der Waals surface area contributed by atoms with Crippen LogP contribution in [0.3, 0.4) is 0 Å². The molecule has 0 aliphatic rings. The van der Waals surface area contributed by atoms with E-state index < -0.39 is 0 Å². The van der Waals surface area contributed by atoms with Crippen LogP contribution >= 0.6 is 23.2 Å². The van der Waals surface area contributed by atoms with E-state index in [1.807, 2.05) is 18.2 Å². The van der Waals surface area contributed by atoms with E-state index in [0.29, 0.717) is 5.41 Å². The Morgan fingerprint density at radius 1 is 1.16 bits per heavy atom. The normalized spacial score (nSPS) is 11.8. The largest absolute Gasteiger partial charge is 0.312 e. The predicted octanol–water partition coefficient (Wildman–Crippen LogP) is 5.69. The molecule has 1 aromatic carbocycles. The molecule has 1 rings (SSSR count). The van der Waals surface area contributed by atoms with E-state index >= 15 is 0 Å². The Balaban J connectivity index is 2.38. The molecule has 19 heavy (non-hydrogen) atoms. The highest BCUT2D eigenvalue weighted by Gasteiger charge is 2.16. The number of hydrogen-bond acceptors (Lipinski definition) is 1. The van der Waals surface area contributed by atoms with Crippen molar-refractivity contribution in [2.45, 2.75) is 53.0 Å². The average molecular weight is 302 g/mol. The minimum atomic E-state index is 0.334. The zero-order valence-corrected chi connectivity index (χ0v) is 13.7. The maximum atomic E-state index is 6.15. The van der Waals surface area contributed by atoms with Crippen LogP contribution in [0.2, 0.25) is 10.0 Å². The van der Waals surface area contributed by atoms with Gasteiger partial charge in [0.15, 0.2) is 0 Å². The van der Waals surface area contributed by atoms with Gasteiger partial charge < -0.3 is 5.32 Å². The fourth-order valence-corrected chi connectivity index (χ4v) is 2.54. The van der Waals surface area contributed by atoms with Crippen LogP contribution < -0.4 is 5.32 Å². The van der Waals surface area contributed by atoms with E-state index in [1.165, 1.54) is 25.7 Å². The van der Waals surface area contributed by atoms with Gasteiger partial charge in [-0.05, 0) is 35.6 Å². The molecular weight excluding hydrogens is 277 g/mol.